The summed E-state index contributed by atoms with van der Waals surface area (Å²) in [5, 5.41) is 11.4. The van der Waals surface area contributed by atoms with Crippen molar-refractivity contribution in [2.45, 2.75) is 56.8 Å². The number of unbranched alkanes of at least 4 members (excludes halogenated alkanes) is 3. The molecule has 1 aliphatic rings. The summed E-state index contributed by atoms with van der Waals surface area (Å²) < 4.78 is 27.1. The number of amides is 1. The Labute approximate surface area is 140 Å². The highest BCUT2D eigenvalue weighted by atomic mass is 19.1. The molecule has 2 N–H and O–H groups in total. The second kappa shape index (κ2) is 8.22. The lowest BCUT2D eigenvalue weighted by Gasteiger charge is -2.40. The Morgan fingerprint density at radius 3 is 2.42 bits per heavy atom. The van der Waals surface area contributed by atoms with Crippen molar-refractivity contribution in [1.82, 2.24) is 5.32 Å². The third kappa shape index (κ3) is 4.30. The summed E-state index contributed by atoms with van der Waals surface area (Å²) >= 11 is 0. The maximum absolute atomic E-state index is 14.1. The molecule has 0 saturated heterocycles. The molecule has 0 heterocycles. The van der Waals surface area contributed by atoms with E-state index in [-0.39, 0.29) is 17.9 Å². The van der Waals surface area contributed by atoms with E-state index in [1.165, 1.54) is 12.1 Å². The van der Waals surface area contributed by atoms with E-state index in [1.54, 1.807) is 0 Å². The molecule has 0 spiro atoms. The molecule has 1 amide bonds. The third-order valence-corrected chi connectivity index (χ3v) is 4.69. The zero-order valence-corrected chi connectivity index (χ0v) is 13.6. The summed E-state index contributed by atoms with van der Waals surface area (Å²) in [7, 11) is 0. The normalized spacial score (nSPS) is 15.6. The van der Waals surface area contributed by atoms with E-state index in [9.17, 15) is 18.4 Å². The number of benzene rings is 1. The van der Waals surface area contributed by atoms with E-state index in [4.69, 9.17) is 5.11 Å². The molecule has 132 valence electrons. The lowest BCUT2D eigenvalue weighted by atomic mass is 9.63. The van der Waals surface area contributed by atoms with Gasteiger partial charge < -0.3 is 10.4 Å². The number of hydrogen-bond acceptors (Lipinski definition) is 2. The topological polar surface area (TPSA) is 66.4 Å². The Hall–Kier alpha value is -1.98. The number of nitrogens with one attached hydrogen (secondary N) is 1. The molecule has 6 heteroatoms. The molecule has 4 nitrogen and oxygen atoms in total. The van der Waals surface area contributed by atoms with Gasteiger partial charge in [-0.25, -0.2) is 8.78 Å². The van der Waals surface area contributed by atoms with Crippen LogP contribution in [0.5, 0.6) is 0 Å². The second-order valence-corrected chi connectivity index (χ2v) is 6.37. The third-order valence-electron chi connectivity index (χ3n) is 4.69. The zero-order chi connectivity index (χ0) is 17.6. The second-order valence-electron chi connectivity index (χ2n) is 6.37. The first-order chi connectivity index (χ1) is 11.5. The fourth-order valence-corrected chi connectivity index (χ4v) is 3.15. The fourth-order valence-electron chi connectivity index (χ4n) is 3.15. The van der Waals surface area contributed by atoms with Gasteiger partial charge in [0.15, 0.2) is 0 Å². The van der Waals surface area contributed by atoms with Crippen LogP contribution in [0.1, 0.15) is 56.9 Å². The highest BCUT2D eigenvalue weighted by Crippen LogP contribution is 2.45. The van der Waals surface area contributed by atoms with Crippen LogP contribution in [0.15, 0.2) is 18.2 Å². The largest absolute Gasteiger partial charge is 0.481 e. The van der Waals surface area contributed by atoms with Crippen LogP contribution in [-0.4, -0.2) is 23.5 Å². The van der Waals surface area contributed by atoms with Gasteiger partial charge >= 0.3 is 5.97 Å². The molecule has 1 fully saturated rings. The molecule has 0 atom stereocenters. The lowest BCUT2D eigenvalue weighted by molar-refractivity contribution is -0.137. The molecule has 1 saturated carbocycles. The summed E-state index contributed by atoms with van der Waals surface area (Å²) in [5.74, 6) is -2.31. The van der Waals surface area contributed by atoms with E-state index in [0.29, 0.717) is 25.8 Å². The van der Waals surface area contributed by atoms with Gasteiger partial charge in [0.2, 0.25) is 5.91 Å². The highest BCUT2D eigenvalue weighted by Gasteiger charge is 2.47. The Morgan fingerprint density at radius 1 is 1.12 bits per heavy atom. The minimum absolute atomic E-state index is 0.166. The number of halogens is 2. The van der Waals surface area contributed by atoms with E-state index in [0.717, 1.165) is 31.7 Å². The summed E-state index contributed by atoms with van der Waals surface area (Å²) in [6.45, 7) is 0.483. The van der Waals surface area contributed by atoms with Gasteiger partial charge in [-0.05, 0) is 31.7 Å². The number of carboxylic acids is 1. The number of carbonyl (C=O) groups is 2. The monoisotopic (exact) mass is 339 g/mol. The first-order valence-corrected chi connectivity index (χ1v) is 8.41. The van der Waals surface area contributed by atoms with Crippen molar-refractivity contribution < 1.29 is 23.5 Å². The first-order valence-electron chi connectivity index (χ1n) is 8.41. The molecule has 2 rings (SSSR count). The van der Waals surface area contributed by atoms with Crippen molar-refractivity contribution in [3.05, 3.63) is 35.4 Å². The van der Waals surface area contributed by atoms with Crippen molar-refractivity contribution in [3.8, 4) is 0 Å². The van der Waals surface area contributed by atoms with Crippen molar-refractivity contribution in [3.63, 3.8) is 0 Å². The van der Waals surface area contributed by atoms with Crippen LogP contribution in [0.2, 0.25) is 0 Å². The van der Waals surface area contributed by atoms with Crippen molar-refractivity contribution in [1.29, 1.82) is 0 Å². The number of carboxylic acid groups (broad SMARTS) is 1. The molecule has 0 radical (unpaired) electrons. The van der Waals surface area contributed by atoms with Crippen LogP contribution >= 0.6 is 0 Å². The molecule has 1 aromatic carbocycles. The van der Waals surface area contributed by atoms with Gasteiger partial charge in [0.1, 0.15) is 11.6 Å². The van der Waals surface area contributed by atoms with Crippen molar-refractivity contribution >= 4 is 11.9 Å². The summed E-state index contributed by atoms with van der Waals surface area (Å²) in [6.07, 6.45) is 5.19. The van der Waals surface area contributed by atoms with Crippen LogP contribution in [0, 0.1) is 11.6 Å². The minimum atomic E-state index is -0.874. The van der Waals surface area contributed by atoms with Crippen LogP contribution < -0.4 is 5.32 Å². The van der Waals surface area contributed by atoms with E-state index < -0.39 is 23.0 Å². The molecule has 0 unspecified atom stereocenters. The maximum atomic E-state index is 14.1. The lowest BCUT2D eigenvalue weighted by Crippen LogP contribution is -2.50. The molecule has 24 heavy (non-hydrogen) atoms. The minimum Gasteiger partial charge on any atom is -0.481 e. The van der Waals surface area contributed by atoms with Gasteiger partial charge in [0.05, 0.1) is 5.41 Å². The zero-order valence-electron chi connectivity index (χ0n) is 13.6. The van der Waals surface area contributed by atoms with E-state index >= 15 is 0 Å². The Bertz CT molecular complexity index is 600. The van der Waals surface area contributed by atoms with Gasteiger partial charge in [-0.3, -0.25) is 9.59 Å². The predicted octanol–water partition coefficient (Wildman–Crippen LogP) is 3.54. The molecular weight excluding hydrogens is 316 g/mol. The van der Waals surface area contributed by atoms with Crippen molar-refractivity contribution in [2.24, 2.45) is 0 Å². The molecule has 0 aliphatic heterocycles. The number of rotatable bonds is 9. The molecule has 1 aromatic rings. The molecule has 0 aromatic heterocycles. The molecule has 1 aliphatic carbocycles. The highest BCUT2D eigenvalue weighted by molar-refractivity contribution is 5.89. The standard InChI is InChI=1S/C18H23F2NO3/c19-13-7-8-14(15(20)12-13)18(9-5-10-18)17(24)21-11-4-2-1-3-6-16(22)23/h7-8,12H,1-6,9-11H2,(H,21,24)(H,22,23). The predicted molar refractivity (Wildman–Crippen MR) is 85.6 cm³/mol. The van der Waals surface area contributed by atoms with Crippen molar-refractivity contribution in [2.75, 3.05) is 6.54 Å². The first kappa shape index (κ1) is 18.4. The summed E-state index contributed by atoms with van der Waals surface area (Å²) in [5.41, 5.74) is -0.602. The van der Waals surface area contributed by atoms with Gasteiger partial charge in [-0.1, -0.05) is 25.3 Å². The van der Waals surface area contributed by atoms with Gasteiger partial charge in [-0.2, -0.15) is 0 Å². The number of aliphatic carboxylic acids is 1. The van der Waals surface area contributed by atoms with Gasteiger partial charge in [0.25, 0.3) is 0 Å². The van der Waals surface area contributed by atoms with Crippen LogP contribution in [0.4, 0.5) is 8.78 Å². The summed E-state index contributed by atoms with van der Waals surface area (Å²) in [6, 6.07) is 3.38. The van der Waals surface area contributed by atoms with Gasteiger partial charge in [-0.15, -0.1) is 0 Å². The average Bonchev–Trinajstić information content (AvgIpc) is 2.47. The maximum Gasteiger partial charge on any atom is 0.303 e. The fraction of sp³-hybridized carbons (Fsp3) is 0.556. The summed E-state index contributed by atoms with van der Waals surface area (Å²) in [4.78, 5) is 22.9. The molecule has 0 bridgehead atoms. The van der Waals surface area contributed by atoms with Crippen LogP contribution in [-0.2, 0) is 15.0 Å². The quantitative estimate of drug-likeness (QED) is 0.676. The Kier molecular flexibility index (Phi) is 6.29. The van der Waals surface area contributed by atoms with Gasteiger partial charge in [0, 0.05) is 24.6 Å². The van der Waals surface area contributed by atoms with E-state index in [2.05, 4.69) is 5.32 Å². The Balaban J connectivity index is 1.82. The average molecular weight is 339 g/mol. The molecular formula is C18H23F2NO3. The van der Waals surface area contributed by atoms with Crippen LogP contribution in [0.3, 0.4) is 0 Å². The SMILES string of the molecule is O=C(O)CCCCCCNC(=O)C1(c2ccc(F)cc2F)CCC1. The Morgan fingerprint density at radius 2 is 1.83 bits per heavy atom. The van der Waals surface area contributed by atoms with E-state index in [1.807, 2.05) is 0 Å². The number of hydrogen-bond donors (Lipinski definition) is 2. The smallest absolute Gasteiger partial charge is 0.303 e. The number of carbonyl (C=O) groups excluding carboxylic acids is 1. The van der Waals surface area contributed by atoms with Crippen LogP contribution in [0.25, 0.3) is 0 Å².